The SMILES string of the molecule is C=CC(NCCCNC(=O)OC(C)(C)C)c1nn2ccc(Cl)c2c(=O)n1Cc1ccccc1. The van der Waals surface area contributed by atoms with Gasteiger partial charge in [0.1, 0.15) is 11.1 Å². The van der Waals surface area contributed by atoms with E-state index in [4.69, 9.17) is 16.3 Å². The van der Waals surface area contributed by atoms with Crippen molar-refractivity contribution in [2.24, 2.45) is 0 Å². The molecule has 0 saturated carbocycles. The van der Waals surface area contributed by atoms with Crippen molar-refractivity contribution >= 4 is 23.2 Å². The molecule has 0 aliphatic rings. The number of amides is 1. The van der Waals surface area contributed by atoms with E-state index in [0.29, 0.717) is 42.4 Å². The summed E-state index contributed by atoms with van der Waals surface area (Å²) >= 11 is 6.25. The molecule has 0 spiro atoms. The number of hydrogen-bond donors (Lipinski definition) is 2. The van der Waals surface area contributed by atoms with Gasteiger partial charge in [-0.25, -0.2) is 9.31 Å². The first-order chi connectivity index (χ1) is 15.7. The summed E-state index contributed by atoms with van der Waals surface area (Å²) in [7, 11) is 0. The van der Waals surface area contributed by atoms with Gasteiger partial charge in [0.15, 0.2) is 5.82 Å². The van der Waals surface area contributed by atoms with Crippen molar-refractivity contribution < 1.29 is 9.53 Å². The second kappa shape index (κ2) is 10.7. The Kier molecular flexibility index (Phi) is 7.94. The Morgan fingerprint density at radius 1 is 1.24 bits per heavy atom. The molecule has 0 aliphatic heterocycles. The number of alkyl carbamates (subject to hydrolysis) is 1. The molecule has 0 bridgehead atoms. The third-order valence-corrected chi connectivity index (χ3v) is 5.14. The molecule has 0 fully saturated rings. The summed E-state index contributed by atoms with van der Waals surface area (Å²) in [6, 6.07) is 11.0. The molecule has 2 aromatic heterocycles. The monoisotopic (exact) mass is 471 g/mol. The minimum atomic E-state index is -0.537. The Balaban J connectivity index is 1.76. The smallest absolute Gasteiger partial charge is 0.407 e. The number of rotatable bonds is 9. The van der Waals surface area contributed by atoms with Gasteiger partial charge >= 0.3 is 6.09 Å². The molecular formula is C24H30ClN5O3. The average Bonchev–Trinajstić information content (AvgIpc) is 3.13. The van der Waals surface area contributed by atoms with Crippen LogP contribution in [-0.4, -0.2) is 39.0 Å². The lowest BCUT2D eigenvalue weighted by atomic mass is 10.2. The second-order valence-corrected chi connectivity index (χ2v) is 9.05. The largest absolute Gasteiger partial charge is 0.444 e. The van der Waals surface area contributed by atoms with E-state index in [2.05, 4.69) is 22.3 Å². The Morgan fingerprint density at radius 2 is 1.97 bits per heavy atom. The fraction of sp³-hybridized carbons (Fsp3) is 0.375. The van der Waals surface area contributed by atoms with Gasteiger partial charge in [-0.2, -0.15) is 5.10 Å². The van der Waals surface area contributed by atoms with Gasteiger partial charge in [0.05, 0.1) is 17.6 Å². The molecule has 3 rings (SSSR count). The van der Waals surface area contributed by atoms with Crippen LogP contribution in [0.2, 0.25) is 5.02 Å². The molecule has 2 N–H and O–H groups in total. The van der Waals surface area contributed by atoms with Gasteiger partial charge in [-0.1, -0.05) is 48.0 Å². The summed E-state index contributed by atoms with van der Waals surface area (Å²) < 4.78 is 8.36. The highest BCUT2D eigenvalue weighted by atomic mass is 35.5. The highest BCUT2D eigenvalue weighted by molar-refractivity contribution is 6.33. The van der Waals surface area contributed by atoms with Crippen molar-refractivity contribution in [1.82, 2.24) is 24.8 Å². The van der Waals surface area contributed by atoms with Crippen molar-refractivity contribution in [1.29, 1.82) is 0 Å². The zero-order valence-electron chi connectivity index (χ0n) is 19.2. The molecule has 1 aromatic carbocycles. The molecule has 9 heteroatoms. The van der Waals surface area contributed by atoms with Crippen LogP contribution in [0.15, 0.2) is 60.0 Å². The Bertz CT molecular complexity index is 1160. The minimum Gasteiger partial charge on any atom is -0.444 e. The van der Waals surface area contributed by atoms with Crippen LogP contribution in [0.1, 0.15) is 44.6 Å². The third kappa shape index (κ3) is 6.46. The number of nitrogens with zero attached hydrogens (tertiary/aromatic N) is 3. The van der Waals surface area contributed by atoms with Crippen LogP contribution in [0.5, 0.6) is 0 Å². The van der Waals surface area contributed by atoms with E-state index in [-0.39, 0.29) is 11.6 Å². The number of nitrogens with one attached hydrogen (secondary N) is 2. The number of fused-ring (bicyclic) bond motifs is 1. The molecule has 3 aromatic rings. The van der Waals surface area contributed by atoms with E-state index >= 15 is 0 Å². The molecule has 2 heterocycles. The lowest BCUT2D eigenvalue weighted by Gasteiger charge is -2.21. The fourth-order valence-electron chi connectivity index (χ4n) is 3.36. The second-order valence-electron chi connectivity index (χ2n) is 8.64. The number of hydrogen-bond acceptors (Lipinski definition) is 5. The number of ether oxygens (including phenoxy) is 1. The molecule has 1 amide bonds. The normalized spacial score (nSPS) is 12.5. The number of aromatic nitrogens is 3. The molecule has 8 nitrogen and oxygen atoms in total. The zero-order valence-corrected chi connectivity index (χ0v) is 19.9. The lowest BCUT2D eigenvalue weighted by Crippen LogP contribution is -2.35. The first-order valence-corrected chi connectivity index (χ1v) is 11.2. The van der Waals surface area contributed by atoms with Crippen molar-refractivity contribution in [3.8, 4) is 0 Å². The van der Waals surface area contributed by atoms with E-state index < -0.39 is 11.7 Å². The number of benzene rings is 1. The van der Waals surface area contributed by atoms with Gasteiger partial charge in [-0.3, -0.25) is 9.36 Å². The van der Waals surface area contributed by atoms with Gasteiger partial charge in [-0.15, -0.1) is 6.58 Å². The molecular weight excluding hydrogens is 442 g/mol. The Labute approximate surface area is 198 Å². The minimum absolute atomic E-state index is 0.223. The standard InChI is InChI=1S/C24H30ClN5O3/c1-5-19(26-13-9-14-27-23(32)33-24(2,3)4)21-28-30-15-12-18(25)20(30)22(31)29(21)16-17-10-7-6-8-11-17/h5-8,10-12,15,19,26H,1,9,13-14,16H2,2-4H3,(H,27,32). The molecule has 1 unspecified atom stereocenters. The summed E-state index contributed by atoms with van der Waals surface area (Å²) in [6.07, 6.45) is 3.59. The van der Waals surface area contributed by atoms with Crippen LogP contribution in [-0.2, 0) is 11.3 Å². The fourth-order valence-corrected chi connectivity index (χ4v) is 3.58. The summed E-state index contributed by atoms with van der Waals surface area (Å²) in [5.41, 5.74) is 0.545. The molecule has 0 aliphatic carbocycles. The zero-order chi connectivity index (χ0) is 24.0. The number of halogens is 1. The highest BCUT2D eigenvalue weighted by Crippen LogP contribution is 2.18. The van der Waals surface area contributed by atoms with Gasteiger partial charge in [0.25, 0.3) is 5.56 Å². The molecule has 33 heavy (non-hydrogen) atoms. The van der Waals surface area contributed by atoms with Crippen molar-refractivity contribution in [2.45, 2.75) is 45.4 Å². The van der Waals surface area contributed by atoms with Crippen LogP contribution >= 0.6 is 11.6 Å². The van der Waals surface area contributed by atoms with Gasteiger partial charge in [-0.05, 0) is 45.4 Å². The van der Waals surface area contributed by atoms with Gasteiger partial charge in [0, 0.05) is 12.7 Å². The van der Waals surface area contributed by atoms with E-state index in [9.17, 15) is 9.59 Å². The molecule has 176 valence electrons. The van der Waals surface area contributed by atoms with Crippen LogP contribution in [0.3, 0.4) is 0 Å². The first kappa shape index (κ1) is 24.5. The molecule has 1 atom stereocenters. The Hall–Kier alpha value is -3.10. The topological polar surface area (TPSA) is 89.7 Å². The Morgan fingerprint density at radius 3 is 2.64 bits per heavy atom. The maximum absolute atomic E-state index is 13.3. The maximum atomic E-state index is 13.3. The van der Waals surface area contributed by atoms with Crippen molar-refractivity contribution in [3.63, 3.8) is 0 Å². The molecule has 0 saturated heterocycles. The lowest BCUT2D eigenvalue weighted by molar-refractivity contribution is 0.0527. The van der Waals surface area contributed by atoms with Crippen molar-refractivity contribution in [2.75, 3.05) is 13.1 Å². The van der Waals surface area contributed by atoms with Crippen LogP contribution in [0.4, 0.5) is 4.79 Å². The van der Waals surface area contributed by atoms with Crippen molar-refractivity contribution in [3.05, 3.63) is 82.0 Å². The van der Waals surface area contributed by atoms with Crippen LogP contribution < -0.4 is 16.2 Å². The van der Waals surface area contributed by atoms with Gasteiger partial charge in [0.2, 0.25) is 0 Å². The van der Waals surface area contributed by atoms with E-state index in [0.717, 1.165) is 5.56 Å². The average molecular weight is 472 g/mol. The quantitative estimate of drug-likeness (QED) is 0.364. The molecule has 0 radical (unpaired) electrons. The summed E-state index contributed by atoms with van der Waals surface area (Å²) in [5, 5.41) is 11.1. The van der Waals surface area contributed by atoms with Crippen LogP contribution in [0.25, 0.3) is 5.52 Å². The number of carbonyl (C=O) groups is 1. The van der Waals surface area contributed by atoms with E-state index in [1.807, 2.05) is 51.1 Å². The predicted molar refractivity (Wildman–Crippen MR) is 130 cm³/mol. The van der Waals surface area contributed by atoms with Crippen LogP contribution in [0, 0.1) is 0 Å². The summed E-state index contributed by atoms with van der Waals surface area (Å²) in [5.74, 6) is 0.527. The van der Waals surface area contributed by atoms with E-state index in [1.165, 1.54) is 4.52 Å². The third-order valence-electron chi connectivity index (χ3n) is 4.84. The van der Waals surface area contributed by atoms with E-state index in [1.54, 1.807) is 22.9 Å². The summed E-state index contributed by atoms with van der Waals surface area (Å²) in [4.78, 5) is 25.1. The summed E-state index contributed by atoms with van der Waals surface area (Å²) in [6.45, 7) is 10.7. The highest BCUT2D eigenvalue weighted by Gasteiger charge is 2.20. The maximum Gasteiger partial charge on any atom is 0.407 e. The van der Waals surface area contributed by atoms with Gasteiger partial charge < -0.3 is 15.4 Å². The number of carbonyl (C=O) groups excluding carboxylic acids is 1. The first-order valence-electron chi connectivity index (χ1n) is 10.8. The predicted octanol–water partition coefficient (Wildman–Crippen LogP) is 3.93.